The van der Waals surface area contributed by atoms with Gasteiger partial charge in [0, 0.05) is 5.92 Å². The fraction of sp³-hybridized carbons (Fsp3) is 0.833. The molecule has 0 aromatic rings. The molecule has 1 aliphatic rings. The monoisotopic (exact) mass is 227 g/mol. The van der Waals surface area contributed by atoms with Crippen LogP contribution in [0.3, 0.4) is 0 Å². The van der Waals surface area contributed by atoms with Gasteiger partial charge in [0.05, 0.1) is 12.0 Å². The molecule has 0 radical (unpaired) electrons. The molecule has 1 saturated carbocycles. The van der Waals surface area contributed by atoms with Gasteiger partial charge in [0.25, 0.3) is 0 Å². The van der Waals surface area contributed by atoms with Crippen molar-refractivity contribution in [3.05, 3.63) is 0 Å². The molecule has 92 valence electrons. The van der Waals surface area contributed by atoms with Crippen LogP contribution in [-0.4, -0.2) is 22.5 Å². The molecule has 1 fully saturated rings. The second-order valence-corrected chi connectivity index (χ2v) is 4.86. The third-order valence-electron chi connectivity index (χ3n) is 3.50. The van der Waals surface area contributed by atoms with Crippen molar-refractivity contribution >= 4 is 11.9 Å². The van der Waals surface area contributed by atoms with Crippen LogP contribution in [0.2, 0.25) is 0 Å². The fourth-order valence-corrected chi connectivity index (χ4v) is 2.26. The molecule has 1 aliphatic carbocycles. The number of carbonyl (C=O) groups excluding carboxylic acids is 1. The summed E-state index contributed by atoms with van der Waals surface area (Å²) in [5, 5.41) is 11.9. The molecule has 0 spiro atoms. The van der Waals surface area contributed by atoms with Gasteiger partial charge < -0.3 is 10.4 Å². The summed E-state index contributed by atoms with van der Waals surface area (Å²) in [6, 6.07) is 0. The number of amides is 1. The molecule has 1 amide bonds. The number of hydrogen-bond acceptors (Lipinski definition) is 2. The second-order valence-electron chi connectivity index (χ2n) is 4.86. The van der Waals surface area contributed by atoms with E-state index in [1.165, 1.54) is 0 Å². The first-order valence-electron chi connectivity index (χ1n) is 6.03. The second kappa shape index (κ2) is 5.32. The van der Waals surface area contributed by atoms with Crippen LogP contribution >= 0.6 is 0 Å². The zero-order chi connectivity index (χ0) is 12.2. The van der Waals surface area contributed by atoms with Gasteiger partial charge >= 0.3 is 5.97 Å². The summed E-state index contributed by atoms with van der Waals surface area (Å²) >= 11 is 0. The minimum absolute atomic E-state index is 0.00866. The highest BCUT2D eigenvalue weighted by Gasteiger charge is 2.37. The van der Waals surface area contributed by atoms with Crippen molar-refractivity contribution in [1.29, 1.82) is 0 Å². The number of aliphatic carboxylic acids is 1. The van der Waals surface area contributed by atoms with Gasteiger partial charge in [-0.3, -0.25) is 9.59 Å². The summed E-state index contributed by atoms with van der Waals surface area (Å²) < 4.78 is 0. The SMILES string of the molecule is CCC(C)C(=O)NC1(CC(=O)O)CCCC1. The predicted octanol–water partition coefficient (Wildman–Crippen LogP) is 1.94. The van der Waals surface area contributed by atoms with E-state index in [2.05, 4.69) is 5.32 Å². The Labute approximate surface area is 96.4 Å². The van der Waals surface area contributed by atoms with Crippen molar-refractivity contribution < 1.29 is 14.7 Å². The predicted molar refractivity (Wildman–Crippen MR) is 61.0 cm³/mol. The molecule has 4 heteroatoms. The summed E-state index contributed by atoms with van der Waals surface area (Å²) in [5.41, 5.74) is -0.480. The molecule has 1 atom stereocenters. The van der Waals surface area contributed by atoms with Crippen molar-refractivity contribution in [3.8, 4) is 0 Å². The molecule has 1 unspecified atom stereocenters. The van der Waals surface area contributed by atoms with E-state index in [4.69, 9.17) is 5.11 Å². The molecule has 0 aromatic heterocycles. The van der Waals surface area contributed by atoms with E-state index >= 15 is 0 Å². The van der Waals surface area contributed by atoms with Gasteiger partial charge in [-0.25, -0.2) is 0 Å². The topological polar surface area (TPSA) is 66.4 Å². The molecular weight excluding hydrogens is 206 g/mol. The molecule has 0 saturated heterocycles. The van der Waals surface area contributed by atoms with E-state index in [0.29, 0.717) is 0 Å². The molecule has 2 N–H and O–H groups in total. The van der Waals surface area contributed by atoms with Crippen LogP contribution in [0.25, 0.3) is 0 Å². The molecular formula is C12H21NO3. The summed E-state index contributed by atoms with van der Waals surface area (Å²) in [4.78, 5) is 22.6. The Morgan fingerprint density at radius 2 is 1.94 bits per heavy atom. The van der Waals surface area contributed by atoms with Gasteiger partial charge in [-0.05, 0) is 19.3 Å². The summed E-state index contributed by atoms with van der Waals surface area (Å²) in [6.07, 6.45) is 4.44. The van der Waals surface area contributed by atoms with E-state index in [1.54, 1.807) is 0 Å². The van der Waals surface area contributed by atoms with Gasteiger partial charge in [-0.2, -0.15) is 0 Å². The first kappa shape index (κ1) is 13.0. The Balaban J connectivity index is 2.64. The average Bonchev–Trinajstić information content (AvgIpc) is 2.63. The molecule has 1 rings (SSSR count). The Bertz CT molecular complexity index is 269. The van der Waals surface area contributed by atoms with Crippen molar-refractivity contribution in [2.24, 2.45) is 5.92 Å². The normalized spacial score (nSPS) is 20.4. The highest BCUT2D eigenvalue weighted by molar-refractivity contribution is 5.80. The minimum Gasteiger partial charge on any atom is -0.481 e. The van der Waals surface area contributed by atoms with Crippen LogP contribution in [0.4, 0.5) is 0 Å². The van der Waals surface area contributed by atoms with Crippen molar-refractivity contribution in [2.45, 2.75) is 57.9 Å². The lowest BCUT2D eigenvalue weighted by molar-refractivity contribution is -0.139. The lowest BCUT2D eigenvalue weighted by atomic mass is 9.92. The van der Waals surface area contributed by atoms with Crippen LogP contribution in [0.1, 0.15) is 52.4 Å². The van der Waals surface area contributed by atoms with Crippen molar-refractivity contribution in [2.75, 3.05) is 0 Å². The summed E-state index contributed by atoms with van der Waals surface area (Å²) in [6.45, 7) is 3.83. The number of hydrogen-bond donors (Lipinski definition) is 2. The molecule has 4 nitrogen and oxygen atoms in total. The lowest BCUT2D eigenvalue weighted by Gasteiger charge is -2.30. The maximum absolute atomic E-state index is 11.8. The number of carbonyl (C=O) groups is 2. The summed E-state index contributed by atoms with van der Waals surface area (Å²) in [5.74, 6) is -0.872. The average molecular weight is 227 g/mol. The van der Waals surface area contributed by atoms with E-state index < -0.39 is 11.5 Å². The zero-order valence-corrected chi connectivity index (χ0v) is 10.1. The quantitative estimate of drug-likeness (QED) is 0.754. The maximum Gasteiger partial charge on any atom is 0.305 e. The third-order valence-corrected chi connectivity index (χ3v) is 3.50. The van der Waals surface area contributed by atoms with E-state index in [-0.39, 0.29) is 18.2 Å². The highest BCUT2D eigenvalue weighted by Crippen LogP contribution is 2.33. The van der Waals surface area contributed by atoms with Crippen LogP contribution < -0.4 is 5.32 Å². The molecule has 0 heterocycles. The highest BCUT2D eigenvalue weighted by atomic mass is 16.4. The van der Waals surface area contributed by atoms with E-state index in [0.717, 1.165) is 32.1 Å². The number of carboxylic acid groups (broad SMARTS) is 1. The van der Waals surface area contributed by atoms with Crippen molar-refractivity contribution in [3.63, 3.8) is 0 Å². The van der Waals surface area contributed by atoms with Gasteiger partial charge in [-0.15, -0.1) is 0 Å². The van der Waals surface area contributed by atoms with Crippen LogP contribution in [-0.2, 0) is 9.59 Å². The van der Waals surface area contributed by atoms with Crippen LogP contribution in [0.15, 0.2) is 0 Å². The van der Waals surface area contributed by atoms with Crippen LogP contribution in [0.5, 0.6) is 0 Å². The Morgan fingerprint density at radius 1 is 1.38 bits per heavy atom. The standard InChI is InChI=1S/C12H21NO3/c1-3-9(2)11(16)13-12(8-10(14)15)6-4-5-7-12/h9H,3-8H2,1-2H3,(H,13,16)(H,14,15). The van der Waals surface area contributed by atoms with Crippen LogP contribution in [0, 0.1) is 5.92 Å². The minimum atomic E-state index is -0.827. The molecule has 0 bridgehead atoms. The van der Waals surface area contributed by atoms with Gasteiger partial charge in [0.1, 0.15) is 0 Å². The molecule has 16 heavy (non-hydrogen) atoms. The van der Waals surface area contributed by atoms with Gasteiger partial charge in [-0.1, -0.05) is 26.7 Å². The number of nitrogens with one attached hydrogen (secondary N) is 1. The fourth-order valence-electron chi connectivity index (χ4n) is 2.26. The first-order valence-corrected chi connectivity index (χ1v) is 6.03. The Kier molecular flexibility index (Phi) is 4.33. The molecule has 0 aromatic carbocycles. The largest absolute Gasteiger partial charge is 0.481 e. The Morgan fingerprint density at radius 3 is 2.38 bits per heavy atom. The maximum atomic E-state index is 11.8. The van der Waals surface area contributed by atoms with Gasteiger partial charge in [0.2, 0.25) is 5.91 Å². The van der Waals surface area contributed by atoms with E-state index in [1.807, 2.05) is 13.8 Å². The lowest BCUT2D eigenvalue weighted by Crippen LogP contribution is -2.49. The third kappa shape index (κ3) is 3.22. The van der Waals surface area contributed by atoms with Gasteiger partial charge in [0.15, 0.2) is 0 Å². The molecule has 0 aliphatic heterocycles. The van der Waals surface area contributed by atoms with E-state index in [9.17, 15) is 9.59 Å². The Hall–Kier alpha value is -1.06. The van der Waals surface area contributed by atoms with Crippen molar-refractivity contribution in [1.82, 2.24) is 5.32 Å². The summed E-state index contributed by atoms with van der Waals surface area (Å²) in [7, 11) is 0. The number of rotatable bonds is 5. The first-order chi connectivity index (χ1) is 7.49. The number of carboxylic acids is 1. The zero-order valence-electron chi connectivity index (χ0n) is 10.1. The smallest absolute Gasteiger partial charge is 0.305 e.